The van der Waals surface area contributed by atoms with Crippen LogP contribution in [0.5, 0.6) is 0 Å². The number of imidazole rings is 1. The molecule has 0 bridgehead atoms. The minimum absolute atomic E-state index is 0.137. The molecule has 0 saturated carbocycles. The van der Waals surface area contributed by atoms with E-state index < -0.39 is 0 Å². The predicted octanol–water partition coefficient (Wildman–Crippen LogP) is 2.45. The Morgan fingerprint density at radius 2 is 2.12 bits per heavy atom. The largest absolute Gasteiger partial charge is 0.344 e. The van der Waals surface area contributed by atoms with Crippen molar-refractivity contribution in [2.45, 2.75) is 26.3 Å². The van der Waals surface area contributed by atoms with E-state index in [9.17, 15) is 9.59 Å². The molecule has 1 aromatic carbocycles. The van der Waals surface area contributed by atoms with E-state index in [1.807, 2.05) is 38.1 Å². The monoisotopic (exact) mass is 324 g/mol. The molecule has 124 valence electrons. The fourth-order valence-corrected chi connectivity index (χ4v) is 2.79. The number of aromatic nitrogens is 3. The van der Waals surface area contributed by atoms with E-state index in [-0.39, 0.29) is 23.1 Å². The van der Waals surface area contributed by atoms with Crippen molar-refractivity contribution in [2.24, 2.45) is 7.05 Å². The molecule has 0 unspecified atom stereocenters. The maximum atomic E-state index is 12.6. The molecule has 2 heterocycles. The molecular weight excluding hydrogens is 304 g/mol. The number of pyridine rings is 1. The van der Waals surface area contributed by atoms with Gasteiger partial charge in [0.05, 0.1) is 11.6 Å². The average Bonchev–Trinajstić information content (AvgIpc) is 3.02. The van der Waals surface area contributed by atoms with Gasteiger partial charge in [-0.05, 0) is 30.9 Å². The number of para-hydroxylation sites is 1. The number of benzene rings is 1. The zero-order chi connectivity index (χ0) is 17.3. The highest BCUT2D eigenvalue weighted by Gasteiger charge is 2.20. The lowest BCUT2D eigenvalue weighted by Crippen LogP contribution is -2.34. The maximum absolute atomic E-state index is 12.6. The molecule has 0 fully saturated rings. The highest BCUT2D eigenvalue weighted by Crippen LogP contribution is 2.15. The van der Waals surface area contributed by atoms with Crippen molar-refractivity contribution in [3.05, 3.63) is 64.0 Å². The Balaban J connectivity index is 1.96. The lowest BCUT2D eigenvalue weighted by atomic mass is 10.1. The number of nitrogens with zero attached hydrogens (tertiary/aromatic N) is 2. The number of carbonyl (C=O) groups excluding carboxylic acids is 1. The Labute approximate surface area is 139 Å². The molecule has 2 N–H and O–H groups in total. The lowest BCUT2D eigenvalue weighted by molar-refractivity contribution is 0.0932. The van der Waals surface area contributed by atoms with Crippen molar-refractivity contribution < 1.29 is 4.79 Å². The molecule has 0 aliphatic heterocycles. The summed E-state index contributed by atoms with van der Waals surface area (Å²) in [6, 6.07) is 8.88. The van der Waals surface area contributed by atoms with Gasteiger partial charge in [0.1, 0.15) is 11.4 Å². The van der Waals surface area contributed by atoms with E-state index in [0.717, 1.165) is 16.6 Å². The van der Waals surface area contributed by atoms with Crippen LogP contribution in [-0.2, 0) is 7.05 Å². The average molecular weight is 324 g/mol. The van der Waals surface area contributed by atoms with Crippen molar-refractivity contribution in [3.8, 4) is 0 Å². The molecule has 0 aliphatic rings. The van der Waals surface area contributed by atoms with Gasteiger partial charge >= 0.3 is 0 Å². The van der Waals surface area contributed by atoms with E-state index in [1.165, 1.54) is 4.57 Å². The standard InChI is InChI=1S/C18H20N4O2/c1-4-14(16-19-10-11(2)20-16)21-17(23)13-9-12-7-5-6-8-15(12)22(3)18(13)24/h5-10,14H,4H2,1-3H3,(H,19,20)(H,21,23)/t14-/m0/s1. The van der Waals surface area contributed by atoms with Gasteiger partial charge in [-0.3, -0.25) is 9.59 Å². The van der Waals surface area contributed by atoms with E-state index in [4.69, 9.17) is 0 Å². The summed E-state index contributed by atoms with van der Waals surface area (Å²) in [5, 5.41) is 3.75. The normalized spacial score (nSPS) is 12.3. The number of rotatable bonds is 4. The van der Waals surface area contributed by atoms with Crippen LogP contribution in [-0.4, -0.2) is 20.4 Å². The molecule has 0 saturated heterocycles. The van der Waals surface area contributed by atoms with E-state index >= 15 is 0 Å². The summed E-state index contributed by atoms with van der Waals surface area (Å²) in [6.45, 7) is 3.87. The number of amides is 1. The molecule has 6 heteroatoms. The van der Waals surface area contributed by atoms with Gasteiger partial charge in [-0.25, -0.2) is 4.98 Å². The van der Waals surface area contributed by atoms with Crippen LogP contribution < -0.4 is 10.9 Å². The summed E-state index contributed by atoms with van der Waals surface area (Å²) in [6.07, 6.45) is 2.39. The number of hydrogen-bond acceptors (Lipinski definition) is 3. The molecule has 0 spiro atoms. The third-order valence-electron chi connectivity index (χ3n) is 4.14. The summed E-state index contributed by atoms with van der Waals surface area (Å²) in [7, 11) is 1.68. The first-order valence-electron chi connectivity index (χ1n) is 7.92. The third kappa shape index (κ3) is 2.82. The van der Waals surface area contributed by atoms with Crippen molar-refractivity contribution in [3.63, 3.8) is 0 Å². The molecule has 3 rings (SSSR count). The van der Waals surface area contributed by atoms with Gasteiger partial charge in [-0.1, -0.05) is 25.1 Å². The Morgan fingerprint density at radius 3 is 2.79 bits per heavy atom. The summed E-state index contributed by atoms with van der Waals surface area (Å²) in [5.74, 6) is 0.309. The first-order chi connectivity index (χ1) is 11.5. The Kier molecular flexibility index (Phi) is 4.20. The first-order valence-corrected chi connectivity index (χ1v) is 7.92. The van der Waals surface area contributed by atoms with Gasteiger partial charge < -0.3 is 14.9 Å². The number of H-pyrrole nitrogens is 1. The molecule has 2 aromatic heterocycles. The molecule has 1 amide bonds. The maximum Gasteiger partial charge on any atom is 0.263 e. The van der Waals surface area contributed by atoms with Gasteiger partial charge in [-0.2, -0.15) is 0 Å². The molecule has 6 nitrogen and oxygen atoms in total. The second-order valence-electron chi connectivity index (χ2n) is 5.87. The fraction of sp³-hybridized carbons (Fsp3) is 0.278. The number of nitrogens with one attached hydrogen (secondary N) is 2. The van der Waals surface area contributed by atoms with Gasteiger partial charge in [0.15, 0.2) is 0 Å². The number of aromatic amines is 1. The Bertz CT molecular complexity index is 955. The molecule has 3 aromatic rings. The smallest absolute Gasteiger partial charge is 0.263 e. The van der Waals surface area contributed by atoms with Crippen LogP contribution >= 0.6 is 0 Å². The Hall–Kier alpha value is -2.89. The minimum Gasteiger partial charge on any atom is -0.344 e. The van der Waals surface area contributed by atoms with E-state index in [2.05, 4.69) is 15.3 Å². The van der Waals surface area contributed by atoms with Crippen LogP contribution in [0.15, 0.2) is 41.3 Å². The van der Waals surface area contributed by atoms with Crippen LogP contribution in [0.4, 0.5) is 0 Å². The van der Waals surface area contributed by atoms with Crippen LogP contribution in [0, 0.1) is 6.92 Å². The van der Waals surface area contributed by atoms with Gasteiger partial charge in [0.25, 0.3) is 11.5 Å². The number of aryl methyl sites for hydroxylation is 2. The van der Waals surface area contributed by atoms with Crippen LogP contribution in [0.25, 0.3) is 10.9 Å². The second kappa shape index (κ2) is 6.31. The van der Waals surface area contributed by atoms with Crippen molar-refractivity contribution in [1.29, 1.82) is 0 Å². The van der Waals surface area contributed by atoms with Crippen molar-refractivity contribution >= 4 is 16.8 Å². The summed E-state index contributed by atoms with van der Waals surface area (Å²) in [5.41, 5.74) is 1.56. The molecule has 0 radical (unpaired) electrons. The summed E-state index contributed by atoms with van der Waals surface area (Å²) < 4.78 is 1.50. The molecule has 0 aliphatic carbocycles. The molecular formula is C18H20N4O2. The number of fused-ring (bicyclic) bond motifs is 1. The quantitative estimate of drug-likeness (QED) is 0.773. The van der Waals surface area contributed by atoms with Crippen LogP contribution in [0.1, 0.15) is 41.3 Å². The minimum atomic E-state index is -0.387. The van der Waals surface area contributed by atoms with Crippen LogP contribution in [0.3, 0.4) is 0 Å². The number of carbonyl (C=O) groups is 1. The van der Waals surface area contributed by atoms with Crippen molar-refractivity contribution in [1.82, 2.24) is 19.9 Å². The lowest BCUT2D eigenvalue weighted by Gasteiger charge is -2.15. The van der Waals surface area contributed by atoms with Gasteiger partial charge in [-0.15, -0.1) is 0 Å². The van der Waals surface area contributed by atoms with E-state index in [0.29, 0.717) is 12.2 Å². The summed E-state index contributed by atoms with van der Waals surface area (Å²) >= 11 is 0. The zero-order valence-electron chi connectivity index (χ0n) is 14.0. The first kappa shape index (κ1) is 16.0. The topological polar surface area (TPSA) is 79.8 Å². The highest BCUT2D eigenvalue weighted by atomic mass is 16.2. The van der Waals surface area contributed by atoms with Gasteiger partial charge in [0.2, 0.25) is 0 Å². The fourth-order valence-electron chi connectivity index (χ4n) is 2.79. The van der Waals surface area contributed by atoms with Crippen LogP contribution in [0.2, 0.25) is 0 Å². The third-order valence-corrected chi connectivity index (χ3v) is 4.14. The number of hydrogen-bond donors (Lipinski definition) is 2. The van der Waals surface area contributed by atoms with Gasteiger partial charge in [0, 0.05) is 18.9 Å². The Morgan fingerprint density at radius 1 is 1.38 bits per heavy atom. The summed E-state index contributed by atoms with van der Waals surface area (Å²) in [4.78, 5) is 32.6. The second-order valence-corrected chi connectivity index (χ2v) is 5.87. The molecule has 24 heavy (non-hydrogen) atoms. The van der Waals surface area contributed by atoms with E-state index in [1.54, 1.807) is 19.3 Å². The predicted molar refractivity (Wildman–Crippen MR) is 93.0 cm³/mol. The van der Waals surface area contributed by atoms with Crippen molar-refractivity contribution in [2.75, 3.05) is 0 Å². The SMILES string of the molecule is CC[C@H](NC(=O)c1cc2ccccc2n(C)c1=O)c1ncc(C)[nH]1. The highest BCUT2D eigenvalue weighted by molar-refractivity contribution is 5.97. The zero-order valence-corrected chi connectivity index (χ0v) is 14.0. The molecule has 1 atom stereocenters.